The van der Waals surface area contributed by atoms with Crippen LogP contribution in [-0.4, -0.2) is 13.1 Å². The highest BCUT2D eigenvalue weighted by Gasteiger charge is 2.32. The molecule has 1 saturated heterocycles. The van der Waals surface area contributed by atoms with Crippen LogP contribution in [0.4, 0.5) is 5.69 Å². The molecule has 15 heavy (non-hydrogen) atoms. The molecule has 2 aliphatic rings. The van der Waals surface area contributed by atoms with Crippen molar-refractivity contribution in [2.24, 2.45) is 11.8 Å². The minimum Gasteiger partial charge on any atom is -0.371 e. The second-order valence-corrected chi connectivity index (χ2v) is 5.84. The Hall–Kier alpha value is -0.500. The molecular weight excluding hydrogens is 250 g/mol. The minimum absolute atomic E-state index is 0.965. The van der Waals surface area contributed by atoms with Crippen LogP contribution in [0.5, 0.6) is 0 Å². The maximum atomic E-state index is 3.49. The summed E-state index contributed by atoms with van der Waals surface area (Å²) in [6.45, 7) is 2.55. The van der Waals surface area contributed by atoms with Gasteiger partial charge in [-0.15, -0.1) is 0 Å². The van der Waals surface area contributed by atoms with E-state index in [4.69, 9.17) is 0 Å². The van der Waals surface area contributed by atoms with Gasteiger partial charge in [0.1, 0.15) is 0 Å². The Balaban J connectivity index is 1.80. The Morgan fingerprint density at radius 2 is 1.60 bits per heavy atom. The molecule has 2 fully saturated rings. The lowest BCUT2D eigenvalue weighted by atomic mass is 9.98. The number of fused-ring (bicyclic) bond motifs is 2. The summed E-state index contributed by atoms with van der Waals surface area (Å²) in [5.41, 5.74) is 1.40. The number of halogens is 1. The topological polar surface area (TPSA) is 3.24 Å². The largest absolute Gasteiger partial charge is 0.371 e. The lowest BCUT2D eigenvalue weighted by Gasteiger charge is -2.33. The first-order valence-corrected chi connectivity index (χ1v) is 6.61. The summed E-state index contributed by atoms with van der Waals surface area (Å²) in [4.78, 5) is 2.57. The van der Waals surface area contributed by atoms with Crippen LogP contribution in [0, 0.1) is 11.8 Å². The zero-order chi connectivity index (χ0) is 10.3. The summed E-state index contributed by atoms with van der Waals surface area (Å²) in [7, 11) is 0. The van der Waals surface area contributed by atoms with Gasteiger partial charge in [-0.3, -0.25) is 0 Å². The maximum absolute atomic E-state index is 3.49. The predicted molar refractivity (Wildman–Crippen MR) is 67.2 cm³/mol. The van der Waals surface area contributed by atoms with Crippen molar-refractivity contribution >= 4 is 21.6 Å². The fourth-order valence-electron chi connectivity index (χ4n) is 3.07. The van der Waals surface area contributed by atoms with E-state index >= 15 is 0 Å². The van der Waals surface area contributed by atoms with Gasteiger partial charge in [0.05, 0.1) is 0 Å². The second kappa shape index (κ2) is 3.82. The number of piperidine rings is 1. The van der Waals surface area contributed by atoms with E-state index in [1.54, 1.807) is 0 Å². The molecule has 0 aromatic heterocycles. The highest BCUT2D eigenvalue weighted by Crippen LogP contribution is 2.38. The van der Waals surface area contributed by atoms with Crippen LogP contribution in [0.2, 0.25) is 0 Å². The predicted octanol–water partition coefficient (Wildman–Crippen LogP) is 3.69. The second-order valence-electron chi connectivity index (χ2n) is 4.93. The highest BCUT2D eigenvalue weighted by molar-refractivity contribution is 9.10. The number of anilines is 1. The van der Waals surface area contributed by atoms with Crippen LogP contribution in [0.25, 0.3) is 0 Å². The Morgan fingerprint density at radius 1 is 1.00 bits per heavy atom. The monoisotopic (exact) mass is 265 g/mol. The zero-order valence-corrected chi connectivity index (χ0v) is 10.4. The Kier molecular flexibility index (Phi) is 2.47. The van der Waals surface area contributed by atoms with E-state index in [0.717, 1.165) is 11.8 Å². The van der Waals surface area contributed by atoms with Gasteiger partial charge in [0.2, 0.25) is 0 Å². The van der Waals surface area contributed by atoms with Crippen LogP contribution >= 0.6 is 15.9 Å². The quantitative estimate of drug-likeness (QED) is 0.749. The van der Waals surface area contributed by atoms with Crippen molar-refractivity contribution in [2.75, 3.05) is 18.0 Å². The maximum Gasteiger partial charge on any atom is 0.0367 e. The molecule has 0 radical (unpaired) electrons. The van der Waals surface area contributed by atoms with Crippen molar-refractivity contribution < 1.29 is 0 Å². The molecular formula is C13H16BrN. The van der Waals surface area contributed by atoms with E-state index < -0.39 is 0 Å². The van der Waals surface area contributed by atoms with Crippen molar-refractivity contribution in [2.45, 2.75) is 19.3 Å². The van der Waals surface area contributed by atoms with Crippen LogP contribution in [0.15, 0.2) is 28.7 Å². The summed E-state index contributed by atoms with van der Waals surface area (Å²) in [5, 5.41) is 0. The molecule has 0 amide bonds. The smallest absolute Gasteiger partial charge is 0.0367 e. The first-order valence-electron chi connectivity index (χ1n) is 5.82. The third kappa shape index (κ3) is 1.92. The van der Waals surface area contributed by atoms with Crippen LogP contribution in [0.3, 0.4) is 0 Å². The van der Waals surface area contributed by atoms with Crippen molar-refractivity contribution in [1.82, 2.24) is 0 Å². The van der Waals surface area contributed by atoms with Gasteiger partial charge in [-0.05, 0) is 55.4 Å². The number of hydrogen-bond acceptors (Lipinski definition) is 1. The first-order chi connectivity index (χ1) is 7.31. The number of nitrogens with zero attached hydrogens (tertiary/aromatic N) is 1. The van der Waals surface area contributed by atoms with Gasteiger partial charge in [0.15, 0.2) is 0 Å². The lowest BCUT2D eigenvalue weighted by molar-refractivity contribution is 0.421. The molecule has 2 bridgehead atoms. The van der Waals surface area contributed by atoms with Crippen molar-refractivity contribution in [3.8, 4) is 0 Å². The SMILES string of the molecule is Brc1ccc(N2CC3CC[C@@H](C3)C2)cc1. The normalized spacial score (nSPS) is 29.5. The molecule has 0 spiro atoms. The van der Waals surface area contributed by atoms with Gasteiger partial charge in [-0.2, -0.15) is 0 Å². The molecule has 1 heterocycles. The van der Waals surface area contributed by atoms with E-state index in [1.165, 1.54) is 42.5 Å². The lowest BCUT2D eigenvalue weighted by Crippen LogP contribution is -2.36. The van der Waals surface area contributed by atoms with Crippen molar-refractivity contribution in [1.29, 1.82) is 0 Å². The summed E-state index contributed by atoms with van der Waals surface area (Å²) in [5.74, 6) is 1.93. The van der Waals surface area contributed by atoms with Crippen LogP contribution in [-0.2, 0) is 0 Å². The van der Waals surface area contributed by atoms with Gasteiger partial charge in [-0.25, -0.2) is 0 Å². The van der Waals surface area contributed by atoms with Gasteiger partial charge < -0.3 is 4.90 Å². The van der Waals surface area contributed by atoms with E-state index in [1.807, 2.05) is 0 Å². The molecule has 1 aromatic carbocycles. The van der Waals surface area contributed by atoms with Crippen LogP contribution in [0.1, 0.15) is 19.3 Å². The molecule has 1 saturated carbocycles. The van der Waals surface area contributed by atoms with Crippen LogP contribution < -0.4 is 4.90 Å². The van der Waals surface area contributed by atoms with Crippen molar-refractivity contribution in [3.05, 3.63) is 28.7 Å². The summed E-state index contributed by atoms with van der Waals surface area (Å²) < 4.78 is 1.17. The van der Waals surface area contributed by atoms with Gasteiger partial charge >= 0.3 is 0 Å². The van der Waals surface area contributed by atoms with Gasteiger partial charge in [0.25, 0.3) is 0 Å². The standard InChI is InChI=1S/C13H16BrN/c14-12-3-5-13(6-4-12)15-8-10-1-2-11(7-10)9-15/h3-6,10-11H,1-2,7-9H2/t10-,11?/m0/s1. The van der Waals surface area contributed by atoms with E-state index in [2.05, 4.69) is 45.1 Å². The third-order valence-corrected chi connectivity index (χ3v) is 4.33. The van der Waals surface area contributed by atoms with E-state index in [-0.39, 0.29) is 0 Å². The van der Waals surface area contributed by atoms with Crippen molar-refractivity contribution in [3.63, 3.8) is 0 Å². The molecule has 3 rings (SSSR count). The fraction of sp³-hybridized carbons (Fsp3) is 0.538. The molecule has 1 aliphatic heterocycles. The molecule has 1 aliphatic carbocycles. The zero-order valence-electron chi connectivity index (χ0n) is 8.82. The summed E-state index contributed by atoms with van der Waals surface area (Å²) in [6, 6.07) is 8.75. The molecule has 0 N–H and O–H groups in total. The molecule has 1 aromatic rings. The average Bonchev–Trinajstić information content (AvgIpc) is 2.59. The van der Waals surface area contributed by atoms with Gasteiger partial charge in [-0.1, -0.05) is 15.9 Å². The first kappa shape index (κ1) is 9.71. The molecule has 1 nitrogen and oxygen atoms in total. The summed E-state index contributed by atoms with van der Waals surface area (Å²) >= 11 is 3.49. The van der Waals surface area contributed by atoms with E-state index in [9.17, 15) is 0 Å². The molecule has 2 heteroatoms. The highest BCUT2D eigenvalue weighted by atomic mass is 79.9. The summed E-state index contributed by atoms with van der Waals surface area (Å²) in [6.07, 6.45) is 4.39. The minimum atomic E-state index is 0.965. The average molecular weight is 266 g/mol. The molecule has 1 unspecified atom stereocenters. The Labute approximate surface area is 99.6 Å². The Bertz CT molecular complexity index is 334. The fourth-order valence-corrected chi connectivity index (χ4v) is 3.34. The number of rotatable bonds is 1. The number of benzene rings is 1. The molecule has 80 valence electrons. The molecule has 2 atom stereocenters. The third-order valence-electron chi connectivity index (χ3n) is 3.80. The van der Waals surface area contributed by atoms with E-state index in [0.29, 0.717) is 0 Å². The van der Waals surface area contributed by atoms with Gasteiger partial charge in [0, 0.05) is 23.2 Å². The number of hydrogen-bond donors (Lipinski definition) is 0. The Morgan fingerprint density at radius 3 is 2.20 bits per heavy atom.